The van der Waals surface area contributed by atoms with Crippen LogP contribution in [0, 0.1) is 5.82 Å². The highest BCUT2D eigenvalue weighted by Gasteiger charge is 1.92. The first-order valence-corrected chi connectivity index (χ1v) is 3.75. The van der Waals surface area contributed by atoms with Gasteiger partial charge in [0.1, 0.15) is 5.82 Å². The lowest BCUT2D eigenvalue weighted by Gasteiger charge is -1.93. The average Bonchev–Trinajstić information content (AvgIpc) is 2.03. The van der Waals surface area contributed by atoms with Crippen LogP contribution < -0.4 is 0 Å². The number of hydrogen-bond donors (Lipinski definition) is 0. The number of rotatable bonds is 2. The molecular formula is C10H11F. The first-order chi connectivity index (χ1) is 5.34. The van der Waals surface area contributed by atoms with Crippen molar-refractivity contribution in [3.63, 3.8) is 0 Å². The zero-order chi connectivity index (χ0) is 8.10. The second kappa shape index (κ2) is 3.91. The molecule has 0 bridgehead atoms. The average molecular weight is 150 g/mol. The Balaban J connectivity index is 2.86. The molecule has 0 radical (unpaired) electrons. The van der Waals surface area contributed by atoms with E-state index in [4.69, 9.17) is 0 Å². The maximum absolute atomic E-state index is 12.9. The summed E-state index contributed by atoms with van der Waals surface area (Å²) in [6, 6.07) is 6.76. The van der Waals surface area contributed by atoms with E-state index in [1.807, 2.05) is 19.1 Å². The van der Waals surface area contributed by atoms with Crippen molar-refractivity contribution in [2.24, 2.45) is 0 Å². The molecule has 0 amide bonds. The van der Waals surface area contributed by atoms with Gasteiger partial charge in [-0.2, -0.15) is 0 Å². The topological polar surface area (TPSA) is 0 Å². The van der Waals surface area contributed by atoms with Gasteiger partial charge in [0.25, 0.3) is 0 Å². The first kappa shape index (κ1) is 7.99. The third kappa shape index (κ3) is 2.19. The van der Waals surface area contributed by atoms with E-state index in [1.165, 1.54) is 6.07 Å². The predicted molar refractivity (Wildman–Crippen MR) is 45.7 cm³/mol. The van der Waals surface area contributed by atoms with Gasteiger partial charge < -0.3 is 0 Å². The number of hydrogen-bond acceptors (Lipinski definition) is 0. The van der Waals surface area contributed by atoms with Crippen molar-refractivity contribution in [3.8, 4) is 0 Å². The van der Waals surface area contributed by atoms with Crippen molar-refractivity contribution < 1.29 is 4.39 Å². The van der Waals surface area contributed by atoms with Crippen LogP contribution in [0.15, 0.2) is 30.3 Å². The van der Waals surface area contributed by atoms with Gasteiger partial charge in [-0.1, -0.05) is 37.3 Å². The van der Waals surface area contributed by atoms with E-state index in [2.05, 4.69) is 0 Å². The van der Waals surface area contributed by atoms with Gasteiger partial charge >= 0.3 is 0 Å². The van der Waals surface area contributed by atoms with Crippen LogP contribution in [0.4, 0.5) is 4.39 Å². The van der Waals surface area contributed by atoms with Gasteiger partial charge in [0.2, 0.25) is 0 Å². The first-order valence-electron chi connectivity index (χ1n) is 3.75. The highest BCUT2D eigenvalue weighted by molar-refractivity contribution is 5.49. The van der Waals surface area contributed by atoms with Crippen molar-refractivity contribution >= 4 is 6.08 Å². The molecule has 0 saturated heterocycles. The molecule has 0 saturated carbocycles. The SMILES string of the molecule is CC/C=C/c1ccccc1F. The Morgan fingerprint density at radius 1 is 1.36 bits per heavy atom. The van der Waals surface area contributed by atoms with Crippen molar-refractivity contribution in [2.75, 3.05) is 0 Å². The molecule has 58 valence electrons. The summed E-state index contributed by atoms with van der Waals surface area (Å²) in [4.78, 5) is 0. The molecule has 1 heteroatoms. The fourth-order valence-electron chi connectivity index (χ4n) is 0.855. The van der Waals surface area contributed by atoms with Crippen LogP contribution in [0.2, 0.25) is 0 Å². The summed E-state index contributed by atoms with van der Waals surface area (Å²) in [5.74, 6) is -0.155. The molecule has 1 aromatic carbocycles. The van der Waals surface area contributed by atoms with Crippen LogP contribution in [0.3, 0.4) is 0 Å². The molecular weight excluding hydrogens is 139 g/mol. The Kier molecular flexibility index (Phi) is 2.84. The van der Waals surface area contributed by atoms with Crippen LogP contribution in [0.5, 0.6) is 0 Å². The lowest BCUT2D eigenvalue weighted by Crippen LogP contribution is -1.78. The van der Waals surface area contributed by atoms with Crippen LogP contribution in [0.1, 0.15) is 18.9 Å². The maximum Gasteiger partial charge on any atom is 0.130 e. The van der Waals surface area contributed by atoms with Crippen molar-refractivity contribution in [2.45, 2.75) is 13.3 Å². The highest BCUT2D eigenvalue weighted by atomic mass is 19.1. The molecule has 0 aliphatic rings. The summed E-state index contributed by atoms with van der Waals surface area (Å²) in [6.45, 7) is 2.03. The van der Waals surface area contributed by atoms with E-state index in [1.54, 1.807) is 18.2 Å². The van der Waals surface area contributed by atoms with Crippen molar-refractivity contribution in [1.29, 1.82) is 0 Å². The Labute approximate surface area is 66.4 Å². The van der Waals surface area contributed by atoms with E-state index in [0.29, 0.717) is 5.56 Å². The zero-order valence-corrected chi connectivity index (χ0v) is 6.55. The van der Waals surface area contributed by atoms with Crippen molar-refractivity contribution in [1.82, 2.24) is 0 Å². The summed E-state index contributed by atoms with van der Waals surface area (Å²) in [5.41, 5.74) is 0.661. The van der Waals surface area contributed by atoms with Gasteiger partial charge in [-0.25, -0.2) is 4.39 Å². The van der Waals surface area contributed by atoms with E-state index in [0.717, 1.165) is 6.42 Å². The summed E-state index contributed by atoms with van der Waals surface area (Å²) in [6.07, 6.45) is 4.68. The van der Waals surface area contributed by atoms with E-state index < -0.39 is 0 Å². The minimum Gasteiger partial charge on any atom is -0.206 e. The second-order valence-electron chi connectivity index (χ2n) is 2.33. The molecule has 0 aliphatic carbocycles. The molecule has 0 atom stereocenters. The lowest BCUT2D eigenvalue weighted by atomic mass is 10.2. The monoisotopic (exact) mass is 150 g/mol. The van der Waals surface area contributed by atoms with Crippen LogP contribution in [-0.2, 0) is 0 Å². The summed E-state index contributed by atoms with van der Waals surface area (Å²) < 4.78 is 12.9. The summed E-state index contributed by atoms with van der Waals surface area (Å²) >= 11 is 0. The Morgan fingerprint density at radius 3 is 2.73 bits per heavy atom. The normalized spacial score (nSPS) is 10.7. The van der Waals surface area contributed by atoms with E-state index in [-0.39, 0.29) is 5.82 Å². The molecule has 0 nitrogen and oxygen atoms in total. The Hall–Kier alpha value is -1.11. The van der Waals surface area contributed by atoms with Gasteiger partial charge in [-0.05, 0) is 12.5 Å². The zero-order valence-electron chi connectivity index (χ0n) is 6.55. The molecule has 0 N–H and O–H groups in total. The molecule has 0 spiro atoms. The van der Waals surface area contributed by atoms with Gasteiger partial charge in [0.05, 0.1) is 0 Å². The summed E-state index contributed by atoms with van der Waals surface area (Å²) in [5, 5.41) is 0. The fraction of sp³-hybridized carbons (Fsp3) is 0.200. The van der Waals surface area contributed by atoms with Crippen LogP contribution in [0.25, 0.3) is 6.08 Å². The molecule has 0 fully saturated rings. The van der Waals surface area contributed by atoms with Gasteiger partial charge in [-0.15, -0.1) is 0 Å². The molecule has 0 aromatic heterocycles. The smallest absolute Gasteiger partial charge is 0.130 e. The Morgan fingerprint density at radius 2 is 2.09 bits per heavy atom. The lowest BCUT2D eigenvalue weighted by molar-refractivity contribution is 0.625. The minimum atomic E-state index is -0.155. The highest BCUT2D eigenvalue weighted by Crippen LogP contribution is 2.07. The van der Waals surface area contributed by atoms with Crippen LogP contribution in [-0.4, -0.2) is 0 Å². The van der Waals surface area contributed by atoms with Gasteiger partial charge in [0, 0.05) is 5.56 Å². The van der Waals surface area contributed by atoms with Crippen molar-refractivity contribution in [3.05, 3.63) is 41.7 Å². The Bertz CT molecular complexity index is 251. The molecule has 1 aromatic rings. The quantitative estimate of drug-likeness (QED) is 0.607. The molecule has 0 unspecified atom stereocenters. The van der Waals surface area contributed by atoms with E-state index >= 15 is 0 Å². The molecule has 0 heterocycles. The fourth-order valence-corrected chi connectivity index (χ4v) is 0.855. The third-order valence-corrected chi connectivity index (χ3v) is 1.44. The minimum absolute atomic E-state index is 0.155. The third-order valence-electron chi connectivity index (χ3n) is 1.44. The second-order valence-corrected chi connectivity index (χ2v) is 2.33. The number of benzene rings is 1. The van der Waals surface area contributed by atoms with Crippen LogP contribution >= 0.6 is 0 Å². The van der Waals surface area contributed by atoms with Gasteiger partial charge in [0.15, 0.2) is 0 Å². The molecule has 1 rings (SSSR count). The standard InChI is InChI=1S/C10H11F/c1-2-3-6-9-7-4-5-8-10(9)11/h3-8H,2H2,1H3/b6-3+. The molecule has 11 heavy (non-hydrogen) atoms. The number of halogens is 1. The van der Waals surface area contributed by atoms with Gasteiger partial charge in [-0.3, -0.25) is 0 Å². The number of allylic oxidation sites excluding steroid dienone is 1. The molecule has 0 aliphatic heterocycles. The van der Waals surface area contributed by atoms with E-state index in [9.17, 15) is 4.39 Å². The predicted octanol–water partition coefficient (Wildman–Crippen LogP) is 3.25. The maximum atomic E-state index is 12.9. The summed E-state index contributed by atoms with van der Waals surface area (Å²) in [7, 11) is 0. The largest absolute Gasteiger partial charge is 0.206 e.